The molecule has 2 saturated heterocycles. The van der Waals surface area contributed by atoms with Crippen molar-refractivity contribution in [3.63, 3.8) is 0 Å². The van der Waals surface area contributed by atoms with Crippen molar-refractivity contribution in [2.45, 2.75) is 74.6 Å². The molecular formula is C25H36O13. The van der Waals surface area contributed by atoms with E-state index in [0.29, 0.717) is 24.0 Å². The van der Waals surface area contributed by atoms with Crippen molar-refractivity contribution < 1.29 is 64.2 Å². The summed E-state index contributed by atoms with van der Waals surface area (Å²) in [5, 5.41) is 68.4. The molecule has 0 radical (unpaired) electrons. The Labute approximate surface area is 219 Å². The average Bonchev–Trinajstić information content (AvgIpc) is 3.60. The molecular weight excluding hydrogens is 508 g/mol. The van der Waals surface area contributed by atoms with Gasteiger partial charge in [-0.2, -0.15) is 0 Å². The van der Waals surface area contributed by atoms with Gasteiger partial charge in [0.15, 0.2) is 6.29 Å². The molecule has 214 valence electrons. The van der Waals surface area contributed by atoms with Crippen LogP contribution in [0, 0.1) is 11.8 Å². The third-order valence-corrected chi connectivity index (χ3v) is 7.66. The van der Waals surface area contributed by atoms with Gasteiger partial charge in [-0.25, -0.2) is 4.79 Å². The van der Waals surface area contributed by atoms with Crippen LogP contribution in [0.25, 0.3) is 0 Å². The molecule has 7 N–H and O–H groups in total. The van der Waals surface area contributed by atoms with E-state index in [1.165, 1.54) is 12.3 Å². The molecule has 0 amide bonds. The van der Waals surface area contributed by atoms with Crippen molar-refractivity contribution in [1.29, 1.82) is 0 Å². The minimum absolute atomic E-state index is 0.183. The molecule has 3 fully saturated rings. The summed E-state index contributed by atoms with van der Waals surface area (Å²) in [4.78, 5) is 12.9. The molecule has 4 rings (SSSR count). The summed E-state index contributed by atoms with van der Waals surface area (Å²) in [6, 6.07) is 0. The molecule has 3 aliphatic heterocycles. The highest BCUT2D eigenvalue weighted by atomic mass is 16.8. The third-order valence-electron chi connectivity index (χ3n) is 7.66. The van der Waals surface area contributed by atoms with E-state index < -0.39 is 85.8 Å². The highest BCUT2D eigenvalue weighted by Crippen LogP contribution is 2.60. The number of esters is 1. The van der Waals surface area contributed by atoms with Crippen molar-refractivity contribution in [3.8, 4) is 0 Å². The van der Waals surface area contributed by atoms with E-state index in [9.17, 15) is 35.4 Å². The molecule has 4 aliphatic rings. The van der Waals surface area contributed by atoms with Gasteiger partial charge in [-0.05, 0) is 31.4 Å². The van der Waals surface area contributed by atoms with Crippen molar-refractivity contribution in [3.05, 3.63) is 35.6 Å². The number of ether oxygens (including phenoxy) is 5. The van der Waals surface area contributed by atoms with E-state index in [1.54, 1.807) is 19.1 Å². The highest BCUT2D eigenvalue weighted by Gasteiger charge is 2.77. The second-order valence-electron chi connectivity index (χ2n) is 9.92. The van der Waals surface area contributed by atoms with Gasteiger partial charge in [-0.3, -0.25) is 0 Å². The maximum Gasteiger partial charge on any atom is 0.333 e. The minimum atomic E-state index is -1.65. The Balaban J connectivity index is 1.44. The van der Waals surface area contributed by atoms with E-state index in [4.69, 9.17) is 28.8 Å². The van der Waals surface area contributed by atoms with Crippen LogP contribution in [0.1, 0.15) is 19.8 Å². The van der Waals surface area contributed by atoms with Gasteiger partial charge >= 0.3 is 5.97 Å². The maximum absolute atomic E-state index is 12.9. The van der Waals surface area contributed by atoms with Crippen LogP contribution in [-0.2, 0) is 28.5 Å². The molecule has 0 bridgehead atoms. The smallest absolute Gasteiger partial charge is 0.333 e. The summed E-state index contributed by atoms with van der Waals surface area (Å²) in [7, 11) is 0. The van der Waals surface area contributed by atoms with Gasteiger partial charge in [0.25, 0.3) is 0 Å². The highest BCUT2D eigenvalue weighted by molar-refractivity contribution is 5.88. The third kappa shape index (κ3) is 5.41. The monoisotopic (exact) mass is 544 g/mol. The summed E-state index contributed by atoms with van der Waals surface area (Å²) < 4.78 is 28.5. The molecule has 0 aromatic heterocycles. The molecule has 11 atom stereocenters. The van der Waals surface area contributed by atoms with Crippen LogP contribution in [-0.4, -0.2) is 123 Å². The number of hydrogen-bond donors (Lipinski definition) is 7. The standard InChI is InChI=1S/C25H36O13/c1-12(3-2-4-13(9-27)5-7-26)22(33)36-20-14-6-8-34-23(16(14)25(11-29)21(20)38-25)37-24-19(32)18(31)17(30)15(10-28)35-24/h3,5-6,8,14-21,23-24,26-32H,2,4,7,9-11H2,1H3. The van der Waals surface area contributed by atoms with E-state index in [0.717, 1.165) is 0 Å². The van der Waals surface area contributed by atoms with Crippen LogP contribution in [0.4, 0.5) is 0 Å². The molecule has 13 heteroatoms. The van der Waals surface area contributed by atoms with Gasteiger partial charge in [-0.15, -0.1) is 0 Å². The molecule has 0 aromatic rings. The topological polar surface area (TPSA) is 208 Å². The number of epoxide rings is 1. The van der Waals surface area contributed by atoms with Gasteiger partial charge in [0, 0.05) is 11.5 Å². The predicted octanol–water partition coefficient (Wildman–Crippen LogP) is -2.40. The maximum atomic E-state index is 12.9. The first-order valence-electron chi connectivity index (χ1n) is 12.6. The molecule has 1 aliphatic carbocycles. The van der Waals surface area contributed by atoms with Gasteiger partial charge in [-0.1, -0.05) is 12.2 Å². The Morgan fingerprint density at radius 3 is 2.47 bits per heavy atom. The molecule has 0 spiro atoms. The number of hydrogen-bond acceptors (Lipinski definition) is 13. The lowest BCUT2D eigenvalue weighted by Crippen LogP contribution is -2.60. The molecule has 11 unspecified atom stereocenters. The van der Waals surface area contributed by atoms with E-state index in [1.807, 2.05) is 0 Å². The zero-order valence-electron chi connectivity index (χ0n) is 20.9. The summed E-state index contributed by atoms with van der Waals surface area (Å²) in [6.45, 7) is 0.177. The van der Waals surface area contributed by atoms with Gasteiger partial charge in [0.2, 0.25) is 6.29 Å². The lowest BCUT2D eigenvalue weighted by atomic mass is 9.85. The fourth-order valence-corrected chi connectivity index (χ4v) is 5.44. The summed E-state index contributed by atoms with van der Waals surface area (Å²) in [5.74, 6) is -1.73. The molecule has 13 nitrogen and oxygen atoms in total. The van der Waals surface area contributed by atoms with E-state index in [-0.39, 0.29) is 13.2 Å². The molecule has 1 saturated carbocycles. The summed E-state index contributed by atoms with van der Waals surface area (Å²) in [5.41, 5.74) is -0.141. The Bertz CT molecular complexity index is 932. The fourth-order valence-electron chi connectivity index (χ4n) is 5.44. The van der Waals surface area contributed by atoms with Crippen LogP contribution in [0.3, 0.4) is 0 Å². The van der Waals surface area contributed by atoms with E-state index >= 15 is 0 Å². The molecule has 3 heterocycles. The number of allylic oxidation sites excluding steroid dienone is 1. The SMILES string of the molecule is CC(=CCCC(=CCO)CO)C(=O)OC1C2C=COC(OC3OC(CO)C(O)C(O)C3O)C2C2(CO)OC12. The van der Waals surface area contributed by atoms with Crippen molar-refractivity contribution in [2.75, 3.05) is 26.4 Å². The van der Waals surface area contributed by atoms with Gasteiger partial charge < -0.3 is 59.4 Å². The number of aliphatic hydroxyl groups is 7. The van der Waals surface area contributed by atoms with Crippen LogP contribution in [0.2, 0.25) is 0 Å². The Morgan fingerprint density at radius 2 is 1.82 bits per heavy atom. The van der Waals surface area contributed by atoms with Gasteiger partial charge in [0.05, 0.1) is 38.6 Å². The summed E-state index contributed by atoms with van der Waals surface area (Å²) in [6.07, 6.45) is -2.91. The molecule has 38 heavy (non-hydrogen) atoms. The Hall–Kier alpha value is -1.91. The number of carbonyl (C=O) groups is 1. The molecule has 0 aromatic carbocycles. The minimum Gasteiger partial charge on any atom is -0.472 e. The first-order chi connectivity index (χ1) is 18.2. The summed E-state index contributed by atoms with van der Waals surface area (Å²) >= 11 is 0. The lowest BCUT2D eigenvalue weighted by molar-refractivity contribution is -0.344. The average molecular weight is 545 g/mol. The quantitative estimate of drug-likeness (QED) is 0.0627. The lowest BCUT2D eigenvalue weighted by Gasteiger charge is -2.43. The fraction of sp³-hybridized carbons (Fsp3) is 0.720. The van der Waals surface area contributed by atoms with Gasteiger partial charge in [0.1, 0.15) is 42.2 Å². The van der Waals surface area contributed by atoms with Crippen LogP contribution in [0.5, 0.6) is 0 Å². The van der Waals surface area contributed by atoms with E-state index in [2.05, 4.69) is 0 Å². The van der Waals surface area contributed by atoms with Crippen molar-refractivity contribution in [2.24, 2.45) is 11.8 Å². The zero-order chi connectivity index (χ0) is 27.6. The largest absolute Gasteiger partial charge is 0.472 e. The second kappa shape index (κ2) is 12.1. The predicted molar refractivity (Wildman–Crippen MR) is 126 cm³/mol. The number of carbonyl (C=O) groups excluding carboxylic acids is 1. The Kier molecular flexibility index (Phi) is 9.25. The normalized spacial score (nSPS) is 42.3. The number of fused-ring (bicyclic) bond motifs is 3. The van der Waals surface area contributed by atoms with Crippen molar-refractivity contribution in [1.82, 2.24) is 0 Å². The Morgan fingerprint density at radius 1 is 1.05 bits per heavy atom. The van der Waals surface area contributed by atoms with Crippen LogP contribution < -0.4 is 0 Å². The number of aliphatic hydroxyl groups excluding tert-OH is 7. The first-order valence-corrected chi connectivity index (χ1v) is 12.6. The van der Waals surface area contributed by atoms with Crippen LogP contribution >= 0.6 is 0 Å². The van der Waals surface area contributed by atoms with Crippen LogP contribution in [0.15, 0.2) is 35.6 Å². The first kappa shape index (κ1) is 29.1. The van der Waals surface area contributed by atoms with Crippen molar-refractivity contribution >= 4 is 5.97 Å². The zero-order valence-corrected chi connectivity index (χ0v) is 20.9. The number of rotatable bonds is 11. The second-order valence-corrected chi connectivity index (χ2v) is 9.92.